The number of carbonyl (C=O) groups excluding carboxylic acids is 8. The number of nitrogens with one attached hydrogen (secondary N) is 1. The van der Waals surface area contributed by atoms with E-state index in [1.165, 1.54) is 0 Å². The fraction of sp³-hybridized carbons (Fsp3) is 0.859. The van der Waals surface area contributed by atoms with E-state index in [-0.39, 0.29) is 0 Å². The molecule has 8 heterocycles. The highest BCUT2D eigenvalue weighted by atomic mass is 16.8. The molecular formula is C64H97NO49. The molecule has 0 spiro atoms. The molecule has 114 heavy (non-hydrogen) atoms. The zero-order valence-electron chi connectivity index (χ0n) is 61.7. The number of carbonyl (C=O) groups is 9. The normalized spacial score (nSPS) is 43.9. The Morgan fingerprint density at radius 2 is 0.482 bits per heavy atom. The van der Waals surface area contributed by atoms with Gasteiger partial charge in [0.15, 0.2) is 99.2 Å². The van der Waals surface area contributed by atoms with Crippen molar-refractivity contribution in [3.8, 4) is 0 Å². The standard InChI is InChI=1S/C64H97NO49/c1-16(73)65-31-33(82)41(25(10-67)102-58(31)108-43-27(12-69)104-62(37(86)49(43)95-19(4)76)111-45-28(13-70)105-61(38(87)51(45)97-21(6)78)109-42-26(11-68)100-57(92)34(83)48(42)94-18(3)75)107-60-36(85)50(96-20(5)77)46(30(15-72)103-60)112-64-40(89)53(99-23(8)80)54(55(114-64)56(90)91)113-63-39(88)52(98-22(7)79)44(29(14-71)106-63)110-59-35(84)47(93-17(2)74)32(81)24(9-66)101-59/h24-55,57-64,66-72,81-89,92H,9-15H2,1-8H3,(H,65,73)(H,90,91)/t24-,25-,26-,27-,28-,29-,30-,31-,32-,33-,34+,35+,36+,37+,38+,39+,40+,41-,42-,43-,44-,45-,46-,47+,48-,49-,50-,51-,52-,53-,54+,55+,57-,58+,59+,60+,61+,62+,63+,64-/m1/s1. The van der Waals surface area contributed by atoms with Gasteiger partial charge in [0.25, 0.3) is 0 Å². The van der Waals surface area contributed by atoms with Gasteiger partial charge >= 0.3 is 47.8 Å². The Balaban J connectivity index is 1.000. The molecule has 8 saturated heterocycles. The van der Waals surface area contributed by atoms with Crippen LogP contribution in [-0.4, -0.2) is 437 Å². The van der Waals surface area contributed by atoms with Crippen LogP contribution in [-0.2, 0) is 147 Å². The van der Waals surface area contributed by atoms with Crippen LogP contribution >= 0.6 is 0 Å². The molecule has 0 radical (unpaired) electrons. The number of hydrogen-bond donors (Lipinski definition) is 19. The molecule has 652 valence electrons. The summed E-state index contributed by atoms with van der Waals surface area (Å²) in [5.74, 6) is -11.0. The van der Waals surface area contributed by atoms with E-state index < -0.39 is 345 Å². The van der Waals surface area contributed by atoms with Crippen molar-refractivity contribution in [2.45, 2.75) is 301 Å². The Kier molecular flexibility index (Phi) is 33.7. The number of hydrogen-bond acceptors (Lipinski definition) is 48. The van der Waals surface area contributed by atoms with Crippen LogP contribution < -0.4 is 5.32 Å². The highest BCUT2D eigenvalue weighted by Crippen LogP contribution is 2.41. The number of aliphatic carboxylic acids is 1. The van der Waals surface area contributed by atoms with E-state index in [0.717, 1.165) is 55.4 Å². The smallest absolute Gasteiger partial charge is 0.335 e. The molecule has 0 aliphatic carbocycles. The first-order valence-corrected chi connectivity index (χ1v) is 35.4. The summed E-state index contributed by atoms with van der Waals surface area (Å²) in [6.45, 7) is -1.01. The van der Waals surface area contributed by atoms with Crippen LogP contribution in [0.5, 0.6) is 0 Å². The summed E-state index contributed by atoms with van der Waals surface area (Å²) in [5.41, 5.74) is 0. The summed E-state index contributed by atoms with van der Waals surface area (Å²) in [6, 6.07) is -1.97. The van der Waals surface area contributed by atoms with Crippen molar-refractivity contribution in [2.24, 2.45) is 0 Å². The molecule has 8 rings (SSSR count). The van der Waals surface area contributed by atoms with E-state index in [2.05, 4.69) is 5.32 Å². The summed E-state index contributed by atoms with van der Waals surface area (Å²) < 4.78 is 125. The predicted molar refractivity (Wildman–Crippen MR) is 343 cm³/mol. The Bertz CT molecular complexity index is 3210. The number of carboxylic acid groups (broad SMARTS) is 1. The van der Waals surface area contributed by atoms with E-state index in [1.807, 2.05) is 0 Å². The van der Waals surface area contributed by atoms with Crippen molar-refractivity contribution < 1.29 is 239 Å². The maximum absolute atomic E-state index is 13.3. The molecule has 19 N–H and O–H groups in total. The third-order valence-electron chi connectivity index (χ3n) is 19.0. The van der Waals surface area contributed by atoms with Gasteiger partial charge in [-0.2, -0.15) is 0 Å². The minimum atomic E-state index is -2.56. The lowest BCUT2D eigenvalue weighted by Crippen LogP contribution is -2.70. The van der Waals surface area contributed by atoms with Crippen molar-refractivity contribution in [1.29, 1.82) is 0 Å². The number of aliphatic hydroxyl groups excluding tert-OH is 17. The fourth-order valence-electron chi connectivity index (χ4n) is 14.1. The predicted octanol–water partition coefficient (Wildman–Crippen LogP) is -14.2. The molecule has 50 heteroatoms. The monoisotopic (exact) mass is 1660 g/mol. The SMILES string of the molecule is CC(=O)N[C@H]1[C@H](O[C@H]2[C@H](OC(C)=O)[C@H](O)[C@H](O[C@H]3[C@H](OC(C)=O)[C@H](O)[C@H](O[C@H]4[C@H](OC(C)=O)[C@H](O)[C@H](O)O[C@@H]4CO)O[C@@H]3CO)O[C@@H]2CO)O[C@H](CO)[C@@H](O[C@@H]2O[C@H](CO)[C@@H](O[C@@H]3O[C@H](C(=O)O)[C@@H](O[C@@H]4O[C@H](CO)[C@@H](O[C@@H]5O[C@H](CO)[C@@H](O)[C@H](OC(C)=O)[C@@H]5O)[C@H](OC(C)=O)[C@@H]4O)[C@H](OC(C)=O)[C@@H]3O)[C@H](OC(C)=O)[C@@H]2O)[C@@H]1O. The van der Waals surface area contributed by atoms with Gasteiger partial charge in [0.05, 0.1) is 46.2 Å². The Labute approximate surface area is 643 Å². The zero-order valence-corrected chi connectivity index (χ0v) is 61.7. The third kappa shape index (κ3) is 21.7. The number of rotatable bonds is 30. The van der Waals surface area contributed by atoms with Gasteiger partial charge in [0.2, 0.25) is 5.91 Å². The lowest BCUT2D eigenvalue weighted by Gasteiger charge is -2.51. The van der Waals surface area contributed by atoms with Crippen molar-refractivity contribution in [1.82, 2.24) is 5.32 Å². The lowest BCUT2D eigenvalue weighted by molar-refractivity contribution is -0.393. The molecule has 40 atom stereocenters. The fourth-order valence-corrected chi connectivity index (χ4v) is 14.1. The van der Waals surface area contributed by atoms with E-state index >= 15 is 0 Å². The van der Waals surface area contributed by atoms with Crippen LogP contribution in [0.25, 0.3) is 0 Å². The highest BCUT2D eigenvalue weighted by molar-refractivity contribution is 5.74. The first-order chi connectivity index (χ1) is 53.8. The summed E-state index contributed by atoms with van der Waals surface area (Å²) in [6.07, 6.45) is -81.9. The summed E-state index contributed by atoms with van der Waals surface area (Å²) in [4.78, 5) is 114. The lowest BCUT2D eigenvalue weighted by atomic mass is 9.94. The molecule has 0 aromatic rings. The average Bonchev–Trinajstić information content (AvgIpc) is 0.764. The van der Waals surface area contributed by atoms with Crippen LogP contribution in [0.3, 0.4) is 0 Å². The maximum atomic E-state index is 13.3. The van der Waals surface area contributed by atoms with Crippen molar-refractivity contribution in [3.05, 3.63) is 0 Å². The topological polar surface area (TPSA) is 733 Å². The van der Waals surface area contributed by atoms with Crippen LogP contribution in [0.4, 0.5) is 0 Å². The van der Waals surface area contributed by atoms with E-state index in [1.54, 1.807) is 0 Å². The number of esters is 7. The van der Waals surface area contributed by atoms with E-state index in [9.17, 15) is 135 Å². The average molecular weight is 1660 g/mol. The maximum Gasteiger partial charge on any atom is 0.335 e. The molecule has 1 amide bonds. The first-order valence-electron chi connectivity index (χ1n) is 35.4. The largest absolute Gasteiger partial charge is 0.479 e. The molecule has 8 aliphatic rings. The Morgan fingerprint density at radius 1 is 0.254 bits per heavy atom. The van der Waals surface area contributed by atoms with Gasteiger partial charge in [0.1, 0.15) is 146 Å². The van der Waals surface area contributed by atoms with Crippen LogP contribution in [0.1, 0.15) is 55.4 Å². The summed E-state index contributed by atoms with van der Waals surface area (Å²) in [5, 5.41) is 202. The van der Waals surface area contributed by atoms with Crippen LogP contribution in [0.15, 0.2) is 0 Å². The molecule has 0 bridgehead atoms. The van der Waals surface area contributed by atoms with Gasteiger partial charge in [0, 0.05) is 55.4 Å². The molecule has 0 unspecified atom stereocenters. The molecule has 8 aliphatic heterocycles. The highest BCUT2D eigenvalue weighted by Gasteiger charge is 2.63. The van der Waals surface area contributed by atoms with E-state index in [0.29, 0.717) is 0 Å². The van der Waals surface area contributed by atoms with Crippen molar-refractivity contribution >= 4 is 53.7 Å². The third-order valence-corrected chi connectivity index (χ3v) is 19.0. The van der Waals surface area contributed by atoms with Crippen molar-refractivity contribution in [2.75, 3.05) is 46.2 Å². The molecule has 8 fully saturated rings. The second-order valence-corrected chi connectivity index (χ2v) is 27.2. The van der Waals surface area contributed by atoms with Gasteiger partial charge < -0.3 is 201 Å². The minimum Gasteiger partial charge on any atom is -0.479 e. The Morgan fingerprint density at radius 3 is 0.781 bits per heavy atom. The Hall–Kier alpha value is -6.05. The van der Waals surface area contributed by atoms with Crippen molar-refractivity contribution in [3.63, 3.8) is 0 Å². The van der Waals surface area contributed by atoms with Gasteiger partial charge in [-0.05, 0) is 0 Å². The molecule has 0 saturated carbocycles. The zero-order chi connectivity index (χ0) is 84.5. The number of aliphatic hydroxyl groups is 17. The number of carboxylic acids is 1. The molecule has 0 aromatic heterocycles. The minimum absolute atomic E-state index is 0.770. The van der Waals surface area contributed by atoms with Gasteiger partial charge in [-0.1, -0.05) is 0 Å². The second kappa shape index (κ2) is 41.1. The summed E-state index contributed by atoms with van der Waals surface area (Å²) in [7, 11) is 0. The van der Waals surface area contributed by atoms with Crippen LogP contribution in [0, 0.1) is 0 Å². The summed E-state index contributed by atoms with van der Waals surface area (Å²) >= 11 is 0. The number of ether oxygens (including phenoxy) is 22. The van der Waals surface area contributed by atoms with Gasteiger partial charge in [-0.3, -0.25) is 38.4 Å². The molecule has 50 nitrogen and oxygen atoms in total. The molecular weight excluding hydrogens is 1570 g/mol. The first kappa shape index (κ1) is 93.4. The number of amides is 1. The van der Waals surface area contributed by atoms with Gasteiger partial charge in [-0.25, -0.2) is 4.79 Å². The van der Waals surface area contributed by atoms with Crippen LogP contribution in [0.2, 0.25) is 0 Å². The van der Waals surface area contributed by atoms with Gasteiger partial charge in [-0.15, -0.1) is 0 Å². The van der Waals surface area contributed by atoms with E-state index in [4.69, 9.17) is 104 Å². The quantitative estimate of drug-likeness (QED) is 0.0235. The second-order valence-electron chi connectivity index (χ2n) is 27.2. The molecule has 0 aromatic carbocycles.